The minimum Gasteiger partial charge on any atom is -0.396 e. The summed E-state index contributed by atoms with van der Waals surface area (Å²) in [6.07, 6.45) is -3.87. The zero-order chi connectivity index (χ0) is 15.2. The van der Waals surface area contributed by atoms with E-state index in [2.05, 4.69) is 5.32 Å². The summed E-state index contributed by atoms with van der Waals surface area (Å²) in [7, 11) is 0. The van der Waals surface area contributed by atoms with Gasteiger partial charge in [-0.1, -0.05) is 19.9 Å². The quantitative estimate of drug-likeness (QED) is 0.595. The molecule has 0 amide bonds. The van der Waals surface area contributed by atoms with Crippen molar-refractivity contribution >= 4 is 11.8 Å². The fourth-order valence-corrected chi connectivity index (χ4v) is 2.59. The largest absolute Gasteiger partial charge is 0.417 e. The van der Waals surface area contributed by atoms with Crippen LogP contribution in [0.4, 0.5) is 13.2 Å². The molecule has 1 rings (SSSR count). The van der Waals surface area contributed by atoms with E-state index >= 15 is 0 Å². The third kappa shape index (κ3) is 5.73. The summed E-state index contributed by atoms with van der Waals surface area (Å²) < 4.78 is 39.2. The highest BCUT2D eigenvalue weighted by molar-refractivity contribution is 7.99. The SMILES string of the molecule is CC(C)NCc1ccc(SCCCO)c(C(F)(F)F)c1. The number of hydrogen-bond donors (Lipinski definition) is 2. The number of aliphatic hydroxyl groups excluding tert-OH is 1. The number of benzene rings is 1. The maximum absolute atomic E-state index is 13.1. The maximum atomic E-state index is 13.1. The Morgan fingerprint density at radius 3 is 2.55 bits per heavy atom. The van der Waals surface area contributed by atoms with Gasteiger partial charge in [-0.25, -0.2) is 0 Å². The van der Waals surface area contributed by atoms with Gasteiger partial charge in [0.2, 0.25) is 0 Å². The summed E-state index contributed by atoms with van der Waals surface area (Å²) in [5.74, 6) is 0.475. The lowest BCUT2D eigenvalue weighted by Crippen LogP contribution is -2.22. The maximum Gasteiger partial charge on any atom is 0.417 e. The Hall–Kier alpha value is -0.720. The topological polar surface area (TPSA) is 32.3 Å². The number of halogens is 3. The van der Waals surface area contributed by atoms with E-state index in [1.807, 2.05) is 13.8 Å². The second-order valence-corrected chi connectivity index (χ2v) is 5.93. The van der Waals surface area contributed by atoms with Crippen LogP contribution in [-0.2, 0) is 12.7 Å². The molecule has 0 spiro atoms. The Balaban J connectivity index is 2.89. The molecule has 0 atom stereocenters. The van der Waals surface area contributed by atoms with Gasteiger partial charge >= 0.3 is 6.18 Å². The first-order chi connectivity index (χ1) is 9.34. The van der Waals surface area contributed by atoms with E-state index in [0.29, 0.717) is 24.3 Å². The van der Waals surface area contributed by atoms with Crippen LogP contribution >= 0.6 is 11.8 Å². The number of alkyl halides is 3. The Morgan fingerprint density at radius 1 is 1.30 bits per heavy atom. The van der Waals surface area contributed by atoms with Crippen LogP contribution in [0.15, 0.2) is 23.1 Å². The number of aliphatic hydroxyl groups is 1. The van der Waals surface area contributed by atoms with Gasteiger partial charge in [-0.05, 0) is 24.1 Å². The van der Waals surface area contributed by atoms with Gasteiger partial charge in [0.05, 0.1) is 5.56 Å². The molecule has 20 heavy (non-hydrogen) atoms. The van der Waals surface area contributed by atoms with Gasteiger partial charge in [0.15, 0.2) is 0 Å². The minimum absolute atomic E-state index is 0.00918. The van der Waals surface area contributed by atoms with Crippen molar-refractivity contribution in [3.05, 3.63) is 29.3 Å². The fraction of sp³-hybridized carbons (Fsp3) is 0.571. The molecule has 2 nitrogen and oxygen atoms in total. The molecule has 0 bridgehead atoms. The molecule has 0 saturated heterocycles. The van der Waals surface area contributed by atoms with E-state index in [0.717, 1.165) is 11.8 Å². The summed E-state index contributed by atoms with van der Waals surface area (Å²) in [6.45, 7) is 4.31. The molecule has 0 heterocycles. The first-order valence-corrected chi connectivity index (χ1v) is 7.50. The van der Waals surface area contributed by atoms with Crippen LogP contribution in [0.5, 0.6) is 0 Å². The summed E-state index contributed by atoms with van der Waals surface area (Å²) in [4.78, 5) is 0.222. The third-order valence-corrected chi connectivity index (χ3v) is 3.78. The third-order valence-electron chi connectivity index (χ3n) is 2.62. The standard InChI is InChI=1S/C14H20F3NOS/c1-10(2)18-9-11-4-5-13(20-7-3-6-19)12(8-11)14(15,16)17/h4-5,8,10,18-19H,3,6-7,9H2,1-2H3. The molecule has 0 fully saturated rings. The summed E-state index contributed by atoms with van der Waals surface area (Å²) in [5, 5.41) is 11.8. The molecule has 2 N–H and O–H groups in total. The van der Waals surface area contributed by atoms with Crippen molar-refractivity contribution in [3.63, 3.8) is 0 Å². The molecule has 0 aliphatic heterocycles. The fourth-order valence-electron chi connectivity index (χ4n) is 1.60. The van der Waals surface area contributed by atoms with Gasteiger partial charge in [0.25, 0.3) is 0 Å². The summed E-state index contributed by atoms with van der Waals surface area (Å²) >= 11 is 1.13. The van der Waals surface area contributed by atoms with Crippen LogP contribution in [0.2, 0.25) is 0 Å². The molecule has 1 aromatic carbocycles. The smallest absolute Gasteiger partial charge is 0.396 e. The van der Waals surface area contributed by atoms with Crippen molar-refractivity contribution in [2.75, 3.05) is 12.4 Å². The summed E-state index contributed by atoms with van der Waals surface area (Å²) in [5.41, 5.74) is 0.0287. The van der Waals surface area contributed by atoms with Gasteiger partial charge in [-0.15, -0.1) is 11.8 Å². The Labute approximate surface area is 121 Å². The van der Waals surface area contributed by atoms with Crippen molar-refractivity contribution in [2.24, 2.45) is 0 Å². The average molecular weight is 307 g/mol. The van der Waals surface area contributed by atoms with Crippen LogP contribution in [0.1, 0.15) is 31.4 Å². The van der Waals surface area contributed by atoms with Gasteiger partial charge in [-0.3, -0.25) is 0 Å². The number of rotatable bonds is 7. The zero-order valence-corrected chi connectivity index (χ0v) is 12.4. The average Bonchev–Trinajstić information content (AvgIpc) is 2.36. The molecular weight excluding hydrogens is 287 g/mol. The first-order valence-electron chi connectivity index (χ1n) is 6.51. The van der Waals surface area contributed by atoms with Crippen LogP contribution in [0.25, 0.3) is 0 Å². The molecule has 0 radical (unpaired) electrons. The predicted molar refractivity (Wildman–Crippen MR) is 75.8 cm³/mol. The lowest BCUT2D eigenvalue weighted by molar-refractivity contribution is -0.139. The van der Waals surface area contributed by atoms with Crippen LogP contribution in [0.3, 0.4) is 0 Å². The number of nitrogens with one attached hydrogen (secondary N) is 1. The van der Waals surface area contributed by atoms with Crippen molar-refractivity contribution in [2.45, 2.75) is 43.9 Å². The molecule has 1 aromatic rings. The number of thioether (sulfide) groups is 1. The predicted octanol–water partition coefficient (Wildman–Crippen LogP) is 3.68. The van der Waals surface area contributed by atoms with Gasteiger partial charge in [-0.2, -0.15) is 13.2 Å². The van der Waals surface area contributed by atoms with Crippen LogP contribution < -0.4 is 5.32 Å². The van der Waals surface area contributed by atoms with Crippen LogP contribution in [-0.4, -0.2) is 23.5 Å². The highest BCUT2D eigenvalue weighted by Crippen LogP contribution is 2.37. The van der Waals surface area contributed by atoms with Crippen molar-refractivity contribution in [1.82, 2.24) is 5.32 Å². The zero-order valence-electron chi connectivity index (χ0n) is 11.6. The second kappa shape index (κ2) is 7.90. The monoisotopic (exact) mass is 307 g/mol. The lowest BCUT2D eigenvalue weighted by atomic mass is 10.1. The first kappa shape index (κ1) is 17.3. The Morgan fingerprint density at radius 2 is 2.00 bits per heavy atom. The van der Waals surface area contributed by atoms with E-state index in [1.54, 1.807) is 6.07 Å². The number of hydrogen-bond acceptors (Lipinski definition) is 3. The van der Waals surface area contributed by atoms with E-state index in [4.69, 9.17) is 5.11 Å². The van der Waals surface area contributed by atoms with Gasteiger partial charge < -0.3 is 10.4 Å². The molecule has 0 aliphatic carbocycles. The highest BCUT2D eigenvalue weighted by Gasteiger charge is 2.33. The Bertz CT molecular complexity index is 421. The molecule has 114 valence electrons. The van der Waals surface area contributed by atoms with E-state index in [9.17, 15) is 13.2 Å². The lowest BCUT2D eigenvalue weighted by Gasteiger charge is -2.15. The van der Waals surface area contributed by atoms with E-state index in [-0.39, 0.29) is 17.5 Å². The van der Waals surface area contributed by atoms with Crippen molar-refractivity contribution in [3.8, 4) is 0 Å². The highest BCUT2D eigenvalue weighted by atomic mass is 32.2. The molecular formula is C14H20F3NOS. The van der Waals surface area contributed by atoms with Crippen molar-refractivity contribution < 1.29 is 18.3 Å². The van der Waals surface area contributed by atoms with Crippen LogP contribution in [0, 0.1) is 0 Å². The van der Waals surface area contributed by atoms with E-state index in [1.165, 1.54) is 12.1 Å². The van der Waals surface area contributed by atoms with E-state index < -0.39 is 11.7 Å². The molecule has 0 aromatic heterocycles. The minimum atomic E-state index is -4.35. The normalized spacial score (nSPS) is 12.2. The summed E-state index contributed by atoms with van der Waals surface area (Å²) in [6, 6.07) is 4.66. The second-order valence-electron chi connectivity index (χ2n) is 4.79. The van der Waals surface area contributed by atoms with Gasteiger partial charge in [0, 0.05) is 29.8 Å². The van der Waals surface area contributed by atoms with Crippen molar-refractivity contribution in [1.29, 1.82) is 0 Å². The van der Waals surface area contributed by atoms with Gasteiger partial charge in [0.1, 0.15) is 0 Å². The molecule has 6 heteroatoms. The molecule has 0 saturated carbocycles. The molecule has 0 unspecified atom stereocenters. The molecule has 0 aliphatic rings. The Kier molecular flexibility index (Phi) is 6.85.